The Morgan fingerprint density at radius 3 is 1.92 bits per heavy atom. The molecule has 0 fully saturated rings. The zero-order chi connectivity index (χ0) is 33.4. The molecule has 0 atom stereocenters. The number of thiophene rings is 1. The van der Waals surface area contributed by atoms with E-state index < -0.39 is 0 Å². The summed E-state index contributed by atoms with van der Waals surface area (Å²) in [6, 6.07) is 56.9. The fourth-order valence-electron chi connectivity index (χ4n) is 8.05. The van der Waals surface area contributed by atoms with E-state index >= 15 is 0 Å². The van der Waals surface area contributed by atoms with Crippen LogP contribution in [0.15, 0.2) is 158 Å². The standard InChI is InChI=1S/C47H32N2S/c1-47(2)40-23-9-7-17-34(40)35-26-25-30(27-41(35)47)46-48-42(36-18-6-5-16-33(36)32-20-11-14-29-13-3-4-15-31(29)32)28-43(49-46)39-22-12-21-38-37-19-8-10-24-44(37)50-45(38)39/h3-28H,1-2H3. The molecule has 0 saturated carbocycles. The number of hydrogen-bond acceptors (Lipinski definition) is 3. The largest absolute Gasteiger partial charge is 0.228 e. The molecule has 3 heteroatoms. The van der Waals surface area contributed by atoms with Crippen LogP contribution in [0, 0.1) is 0 Å². The monoisotopic (exact) mass is 656 g/mol. The normalized spacial score (nSPS) is 13.2. The molecule has 236 valence electrons. The molecule has 10 rings (SSSR count). The molecule has 0 spiro atoms. The minimum Gasteiger partial charge on any atom is -0.228 e. The molecule has 0 aliphatic heterocycles. The summed E-state index contributed by atoms with van der Waals surface area (Å²) in [5.74, 6) is 0.734. The minimum atomic E-state index is -0.119. The summed E-state index contributed by atoms with van der Waals surface area (Å²) in [5.41, 5.74) is 12.6. The van der Waals surface area contributed by atoms with Gasteiger partial charge in [0.1, 0.15) is 0 Å². The third kappa shape index (κ3) is 4.40. The van der Waals surface area contributed by atoms with Crippen LogP contribution < -0.4 is 0 Å². The fraction of sp³-hybridized carbons (Fsp3) is 0.0638. The van der Waals surface area contributed by atoms with E-state index in [4.69, 9.17) is 9.97 Å². The molecule has 2 heterocycles. The molecule has 2 aromatic heterocycles. The van der Waals surface area contributed by atoms with Gasteiger partial charge in [0, 0.05) is 42.3 Å². The molecule has 9 aromatic rings. The van der Waals surface area contributed by atoms with Gasteiger partial charge in [0.05, 0.1) is 11.4 Å². The predicted octanol–water partition coefficient (Wildman–Crippen LogP) is 13.0. The maximum absolute atomic E-state index is 5.40. The Morgan fingerprint density at radius 1 is 0.440 bits per heavy atom. The van der Waals surface area contributed by atoms with Gasteiger partial charge in [0.2, 0.25) is 0 Å². The highest BCUT2D eigenvalue weighted by Crippen LogP contribution is 2.50. The van der Waals surface area contributed by atoms with Crippen molar-refractivity contribution in [3.63, 3.8) is 0 Å². The van der Waals surface area contributed by atoms with Crippen molar-refractivity contribution in [2.24, 2.45) is 0 Å². The van der Waals surface area contributed by atoms with Crippen LogP contribution in [0.4, 0.5) is 0 Å². The second-order valence-corrected chi connectivity index (χ2v) is 14.8. The Balaban J connectivity index is 1.23. The average molecular weight is 657 g/mol. The Hall–Kier alpha value is -5.90. The van der Waals surface area contributed by atoms with Crippen molar-refractivity contribution in [1.29, 1.82) is 0 Å². The van der Waals surface area contributed by atoms with Crippen molar-refractivity contribution in [1.82, 2.24) is 9.97 Å². The van der Waals surface area contributed by atoms with E-state index in [0.29, 0.717) is 0 Å². The van der Waals surface area contributed by atoms with E-state index in [1.165, 1.54) is 58.8 Å². The van der Waals surface area contributed by atoms with Gasteiger partial charge in [0.15, 0.2) is 5.82 Å². The molecule has 0 radical (unpaired) electrons. The first-order chi connectivity index (χ1) is 24.5. The number of nitrogens with zero attached hydrogens (tertiary/aromatic N) is 2. The summed E-state index contributed by atoms with van der Waals surface area (Å²) in [7, 11) is 0. The SMILES string of the molecule is CC1(C)c2ccccc2-c2ccc(-c3nc(-c4ccccc4-c4cccc5ccccc45)cc(-c4cccc5c4sc4ccccc45)n3)cc21. The molecule has 0 saturated heterocycles. The lowest BCUT2D eigenvalue weighted by atomic mass is 9.82. The number of aromatic nitrogens is 2. The number of hydrogen-bond donors (Lipinski definition) is 0. The molecule has 1 aliphatic rings. The molecule has 50 heavy (non-hydrogen) atoms. The molecule has 1 aliphatic carbocycles. The maximum Gasteiger partial charge on any atom is 0.160 e. The molecule has 0 amide bonds. The second kappa shape index (κ2) is 11.1. The van der Waals surface area contributed by atoms with E-state index in [1.807, 2.05) is 11.3 Å². The second-order valence-electron chi connectivity index (χ2n) is 13.7. The van der Waals surface area contributed by atoms with Crippen molar-refractivity contribution in [3.05, 3.63) is 169 Å². The Labute approximate surface area is 295 Å². The highest BCUT2D eigenvalue weighted by Gasteiger charge is 2.35. The first kappa shape index (κ1) is 29.1. The van der Waals surface area contributed by atoms with Gasteiger partial charge in [-0.15, -0.1) is 11.3 Å². The van der Waals surface area contributed by atoms with Crippen LogP contribution in [0.1, 0.15) is 25.0 Å². The summed E-state index contributed by atoms with van der Waals surface area (Å²) < 4.78 is 2.53. The lowest BCUT2D eigenvalue weighted by Gasteiger charge is -2.22. The smallest absolute Gasteiger partial charge is 0.160 e. The minimum absolute atomic E-state index is 0.119. The summed E-state index contributed by atoms with van der Waals surface area (Å²) in [6.07, 6.45) is 0. The van der Waals surface area contributed by atoms with Crippen LogP contribution in [0.2, 0.25) is 0 Å². The zero-order valence-electron chi connectivity index (χ0n) is 27.8. The van der Waals surface area contributed by atoms with Crippen LogP contribution in [0.25, 0.3) is 87.1 Å². The van der Waals surface area contributed by atoms with Gasteiger partial charge in [-0.05, 0) is 62.4 Å². The fourth-order valence-corrected chi connectivity index (χ4v) is 9.27. The predicted molar refractivity (Wildman–Crippen MR) is 212 cm³/mol. The third-order valence-electron chi connectivity index (χ3n) is 10.5. The molecule has 0 bridgehead atoms. The quantitative estimate of drug-likeness (QED) is 0.188. The summed E-state index contributed by atoms with van der Waals surface area (Å²) in [4.78, 5) is 10.8. The van der Waals surface area contributed by atoms with Crippen molar-refractivity contribution in [2.45, 2.75) is 19.3 Å². The van der Waals surface area contributed by atoms with E-state index in [9.17, 15) is 0 Å². The lowest BCUT2D eigenvalue weighted by molar-refractivity contribution is 0.660. The number of benzene rings is 7. The zero-order valence-corrected chi connectivity index (χ0v) is 28.6. The summed E-state index contributed by atoms with van der Waals surface area (Å²) in [6.45, 7) is 4.65. The van der Waals surface area contributed by atoms with Gasteiger partial charge >= 0.3 is 0 Å². The molecule has 2 nitrogen and oxygen atoms in total. The first-order valence-corrected chi connectivity index (χ1v) is 18.0. The van der Waals surface area contributed by atoms with Gasteiger partial charge in [-0.2, -0.15) is 0 Å². The Morgan fingerprint density at radius 2 is 1.04 bits per heavy atom. The average Bonchev–Trinajstić information content (AvgIpc) is 3.66. The Kier molecular flexibility index (Phi) is 6.43. The van der Waals surface area contributed by atoms with Gasteiger partial charge in [-0.25, -0.2) is 9.97 Å². The summed E-state index contributed by atoms with van der Waals surface area (Å²) >= 11 is 1.84. The highest BCUT2D eigenvalue weighted by molar-refractivity contribution is 7.26. The first-order valence-electron chi connectivity index (χ1n) is 17.2. The Bertz CT molecular complexity index is 2800. The molecule has 0 N–H and O–H groups in total. The molecule has 0 unspecified atom stereocenters. The van der Waals surface area contributed by atoms with Gasteiger partial charge in [-0.1, -0.05) is 153 Å². The van der Waals surface area contributed by atoms with Crippen LogP contribution in [0.3, 0.4) is 0 Å². The highest BCUT2D eigenvalue weighted by atomic mass is 32.1. The van der Waals surface area contributed by atoms with Gasteiger partial charge < -0.3 is 0 Å². The van der Waals surface area contributed by atoms with E-state index in [-0.39, 0.29) is 5.41 Å². The van der Waals surface area contributed by atoms with Crippen molar-refractivity contribution < 1.29 is 0 Å². The van der Waals surface area contributed by atoms with Gasteiger partial charge in [0.25, 0.3) is 0 Å². The number of rotatable bonds is 4. The maximum atomic E-state index is 5.40. The summed E-state index contributed by atoms with van der Waals surface area (Å²) in [5, 5.41) is 5.00. The van der Waals surface area contributed by atoms with Crippen molar-refractivity contribution in [2.75, 3.05) is 0 Å². The lowest BCUT2D eigenvalue weighted by Crippen LogP contribution is -2.15. The molecular formula is C47H32N2S. The van der Waals surface area contributed by atoms with E-state index in [0.717, 1.165) is 39.5 Å². The van der Waals surface area contributed by atoms with Crippen molar-refractivity contribution in [3.8, 4) is 56.2 Å². The van der Waals surface area contributed by atoms with E-state index in [1.54, 1.807) is 0 Å². The van der Waals surface area contributed by atoms with Crippen LogP contribution >= 0.6 is 11.3 Å². The van der Waals surface area contributed by atoms with Gasteiger partial charge in [-0.3, -0.25) is 0 Å². The third-order valence-corrected chi connectivity index (χ3v) is 11.8. The molecular weight excluding hydrogens is 625 g/mol. The van der Waals surface area contributed by atoms with Crippen molar-refractivity contribution >= 4 is 42.3 Å². The topological polar surface area (TPSA) is 25.8 Å². The van der Waals surface area contributed by atoms with Crippen LogP contribution in [0.5, 0.6) is 0 Å². The van der Waals surface area contributed by atoms with E-state index in [2.05, 4.69) is 172 Å². The number of fused-ring (bicyclic) bond motifs is 7. The van der Waals surface area contributed by atoms with Crippen LogP contribution in [-0.4, -0.2) is 9.97 Å². The molecule has 7 aromatic carbocycles. The van der Waals surface area contributed by atoms with Crippen LogP contribution in [-0.2, 0) is 5.41 Å².